The summed E-state index contributed by atoms with van der Waals surface area (Å²) in [5.41, 5.74) is 0. The first-order valence-electron chi connectivity index (χ1n) is 2.58. The van der Waals surface area contributed by atoms with Gasteiger partial charge in [-0.2, -0.15) is 0 Å². The molecule has 0 saturated heterocycles. The van der Waals surface area contributed by atoms with E-state index in [1.807, 2.05) is 0 Å². The van der Waals surface area contributed by atoms with Crippen molar-refractivity contribution in [1.82, 2.24) is 0 Å². The fourth-order valence-corrected chi connectivity index (χ4v) is 1.63. The average molecular weight is 144 g/mol. The Kier molecular flexibility index (Phi) is 2.54. The summed E-state index contributed by atoms with van der Waals surface area (Å²) in [6.45, 7) is 0. The van der Waals surface area contributed by atoms with E-state index in [1.165, 1.54) is 3.88 Å². The van der Waals surface area contributed by atoms with Crippen LogP contribution in [0.1, 0.15) is 6.42 Å². The van der Waals surface area contributed by atoms with Crippen molar-refractivity contribution >= 4 is 0 Å². The molecule has 0 amide bonds. The molecule has 0 N–H and O–H groups in total. The number of hydrogen-bond acceptors (Lipinski definition) is 1. The third-order valence-corrected chi connectivity index (χ3v) is 2.31. The van der Waals surface area contributed by atoms with Crippen molar-refractivity contribution in [2.45, 2.75) is 6.42 Å². The Morgan fingerprint density at radius 2 is 2.62 bits per heavy atom. The number of rotatable bonds is 2. The number of hydrogen-bond donors (Lipinski definition) is 0. The molecule has 0 atom stereocenters. The van der Waals surface area contributed by atoms with E-state index >= 15 is 0 Å². The van der Waals surface area contributed by atoms with Crippen molar-refractivity contribution in [2.75, 3.05) is 7.11 Å². The Hall–Kier alpha value is 0.154. The van der Waals surface area contributed by atoms with Gasteiger partial charge in [-0.3, -0.25) is 0 Å². The zero-order valence-corrected chi connectivity index (χ0v) is 6.41. The first kappa shape index (κ1) is 6.28. The molecule has 0 aromatic rings. The van der Waals surface area contributed by atoms with E-state index in [2.05, 4.69) is 18.2 Å². The maximum absolute atomic E-state index is 5.04. The summed E-state index contributed by atoms with van der Waals surface area (Å²) in [6.07, 6.45) is 7.55. The quantitative estimate of drug-likeness (QED) is 0.533. The molecule has 42 valence electrons. The van der Waals surface area contributed by atoms with Crippen LogP contribution in [0.15, 0.2) is 22.1 Å². The summed E-state index contributed by atoms with van der Waals surface area (Å²) in [6, 6.07) is 0. The molecule has 0 fully saturated rings. The van der Waals surface area contributed by atoms with Crippen LogP contribution in [0, 0.1) is 0 Å². The van der Waals surface area contributed by atoms with Crippen LogP contribution in [-0.4, -0.2) is 7.11 Å². The SMILES string of the molecule is C[O][Ti][C]1=CC=CC1. The monoisotopic (exact) mass is 144 g/mol. The molecule has 0 aromatic heterocycles. The van der Waals surface area contributed by atoms with Gasteiger partial charge in [0.05, 0.1) is 0 Å². The summed E-state index contributed by atoms with van der Waals surface area (Å²) >= 11 is -0.194. The van der Waals surface area contributed by atoms with Gasteiger partial charge in [0, 0.05) is 0 Å². The normalized spacial score (nSPS) is 16.4. The van der Waals surface area contributed by atoms with Gasteiger partial charge in [0.2, 0.25) is 0 Å². The molecule has 0 saturated carbocycles. The fraction of sp³-hybridized carbons (Fsp3) is 0.333. The van der Waals surface area contributed by atoms with Gasteiger partial charge in [-0.25, -0.2) is 0 Å². The zero-order chi connectivity index (χ0) is 5.82. The molecule has 0 radical (unpaired) electrons. The van der Waals surface area contributed by atoms with Gasteiger partial charge in [0.1, 0.15) is 0 Å². The second kappa shape index (κ2) is 3.23. The molecule has 0 spiro atoms. The van der Waals surface area contributed by atoms with Crippen LogP contribution in [0.25, 0.3) is 0 Å². The Bertz CT molecular complexity index is 126. The predicted molar refractivity (Wildman–Crippen MR) is 28.8 cm³/mol. The van der Waals surface area contributed by atoms with Crippen molar-refractivity contribution in [3.8, 4) is 0 Å². The Balaban J connectivity index is 2.28. The van der Waals surface area contributed by atoms with E-state index in [1.54, 1.807) is 7.11 Å². The molecule has 1 nitrogen and oxygen atoms in total. The summed E-state index contributed by atoms with van der Waals surface area (Å²) in [7, 11) is 1.78. The predicted octanol–water partition coefficient (Wildman–Crippen LogP) is 1.47. The van der Waals surface area contributed by atoms with Crippen LogP contribution in [0.5, 0.6) is 0 Å². The molecule has 0 bridgehead atoms. The first-order valence-corrected chi connectivity index (χ1v) is 4.00. The van der Waals surface area contributed by atoms with E-state index < -0.39 is 0 Å². The second-order valence-corrected chi connectivity index (χ2v) is 3.59. The van der Waals surface area contributed by atoms with E-state index in [9.17, 15) is 0 Å². The van der Waals surface area contributed by atoms with E-state index in [4.69, 9.17) is 3.32 Å². The molecule has 8 heavy (non-hydrogen) atoms. The Labute approximate surface area is 58.8 Å². The minimum atomic E-state index is -0.194. The molecular formula is C6H8OTi. The summed E-state index contributed by atoms with van der Waals surface area (Å²) in [4.78, 5) is 0. The van der Waals surface area contributed by atoms with Crippen LogP contribution < -0.4 is 0 Å². The van der Waals surface area contributed by atoms with Gasteiger partial charge in [0.15, 0.2) is 0 Å². The Morgan fingerprint density at radius 3 is 3.12 bits per heavy atom. The van der Waals surface area contributed by atoms with Crippen LogP contribution in [-0.2, 0) is 22.9 Å². The van der Waals surface area contributed by atoms with Crippen molar-refractivity contribution in [1.29, 1.82) is 0 Å². The molecule has 0 unspecified atom stereocenters. The van der Waals surface area contributed by atoms with Crippen molar-refractivity contribution < 1.29 is 22.9 Å². The van der Waals surface area contributed by atoms with Gasteiger partial charge in [0.25, 0.3) is 0 Å². The Morgan fingerprint density at radius 1 is 1.75 bits per heavy atom. The van der Waals surface area contributed by atoms with Crippen molar-refractivity contribution in [3.05, 3.63) is 22.1 Å². The van der Waals surface area contributed by atoms with Crippen LogP contribution in [0.4, 0.5) is 0 Å². The zero-order valence-electron chi connectivity index (χ0n) is 4.85. The van der Waals surface area contributed by atoms with Gasteiger partial charge in [-0.05, 0) is 0 Å². The molecule has 0 aromatic carbocycles. The van der Waals surface area contributed by atoms with Crippen LogP contribution >= 0.6 is 0 Å². The average Bonchev–Trinajstić information content (AvgIpc) is 2.19. The van der Waals surface area contributed by atoms with E-state index in [-0.39, 0.29) is 19.5 Å². The van der Waals surface area contributed by atoms with Crippen molar-refractivity contribution in [3.63, 3.8) is 0 Å². The van der Waals surface area contributed by atoms with Gasteiger partial charge < -0.3 is 0 Å². The van der Waals surface area contributed by atoms with Crippen molar-refractivity contribution in [2.24, 2.45) is 0 Å². The summed E-state index contributed by atoms with van der Waals surface area (Å²) in [5.74, 6) is 0. The van der Waals surface area contributed by atoms with Gasteiger partial charge in [-0.15, -0.1) is 0 Å². The van der Waals surface area contributed by atoms with Crippen LogP contribution in [0.2, 0.25) is 0 Å². The molecule has 0 heterocycles. The van der Waals surface area contributed by atoms with E-state index in [0.717, 1.165) is 6.42 Å². The standard InChI is InChI=1S/C5H5.CH3O.Ti/c1-2-4-5-3-1;1-2;/h1-3H,4H2;1H3;/q;-1;+1. The van der Waals surface area contributed by atoms with Gasteiger partial charge in [-0.1, -0.05) is 0 Å². The maximum atomic E-state index is 5.04. The second-order valence-electron chi connectivity index (χ2n) is 1.63. The molecule has 2 heteroatoms. The van der Waals surface area contributed by atoms with Gasteiger partial charge >= 0.3 is 58.5 Å². The minimum absolute atomic E-state index is 0.194. The summed E-state index contributed by atoms with van der Waals surface area (Å²) < 4.78 is 6.54. The third-order valence-electron chi connectivity index (χ3n) is 1.00. The first-order chi connectivity index (χ1) is 3.93. The number of allylic oxidation sites excluding steroid dienone is 4. The fourth-order valence-electron chi connectivity index (χ4n) is 0.654. The summed E-state index contributed by atoms with van der Waals surface area (Å²) in [5, 5.41) is 0. The molecule has 1 aliphatic carbocycles. The molecule has 0 aliphatic heterocycles. The third kappa shape index (κ3) is 1.59. The van der Waals surface area contributed by atoms with E-state index in [0.29, 0.717) is 0 Å². The molecule has 1 aliphatic rings. The molecular weight excluding hydrogens is 136 g/mol. The molecule has 1 rings (SSSR count). The van der Waals surface area contributed by atoms with Crippen LogP contribution in [0.3, 0.4) is 0 Å². The topological polar surface area (TPSA) is 9.23 Å².